The van der Waals surface area contributed by atoms with E-state index in [9.17, 15) is 0 Å². The molecule has 0 atom stereocenters. The zero-order valence-electron chi connectivity index (χ0n) is 19.1. The normalized spacial score (nSPS) is 22.9. The zero-order valence-corrected chi connectivity index (χ0v) is 21.1. The van der Waals surface area contributed by atoms with Crippen LogP contribution in [0.15, 0.2) is 24.3 Å². The SMILES string of the molecule is [SiH3]NC(NC1CCCCC1)(NC1CCCCC1)c1ccccc1NC1CCCCC1. The van der Waals surface area contributed by atoms with Crippen LogP contribution in [0.3, 0.4) is 0 Å². The Balaban J connectivity index is 1.61. The van der Waals surface area contributed by atoms with Crippen LogP contribution in [0.1, 0.15) is 102 Å². The Morgan fingerprint density at radius 3 is 1.60 bits per heavy atom. The third kappa shape index (κ3) is 5.67. The minimum Gasteiger partial charge on any atom is -0.382 e. The molecule has 0 amide bonds. The van der Waals surface area contributed by atoms with Gasteiger partial charge in [0.1, 0.15) is 5.79 Å². The predicted molar refractivity (Wildman–Crippen MR) is 132 cm³/mol. The zero-order chi connectivity index (χ0) is 20.7. The van der Waals surface area contributed by atoms with Crippen LogP contribution in [0.5, 0.6) is 0 Å². The summed E-state index contributed by atoms with van der Waals surface area (Å²) in [5, 5.41) is 12.2. The van der Waals surface area contributed by atoms with Gasteiger partial charge < -0.3 is 10.3 Å². The summed E-state index contributed by atoms with van der Waals surface area (Å²) >= 11 is 0. The number of hydrogen-bond donors (Lipinski definition) is 4. The summed E-state index contributed by atoms with van der Waals surface area (Å²) in [6, 6.07) is 10.9. The predicted octanol–water partition coefficient (Wildman–Crippen LogP) is 4.26. The largest absolute Gasteiger partial charge is 0.382 e. The first kappa shape index (κ1) is 22.3. The molecule has 3 aliphatic carbocycles. The van der Waals surface area contributed by atoms with Gasteiger partial charge in [0.05, 0.1) is 10.4 Å². The molecule has 1 aromatic rings. The van der Waals surface area contributed by atoms with Gasteiger partial charge in [0.15, 0.2) is 0 Å². The second-order valence-corrected chi connectivity index (χ2v) is 10.5. The van der Waals surface area contributed by atoms with Crippen LogP contribution in [0.25, 0.3) is 0 Å². The van der Waals surface area contributed by atoms with E-state index in [0.29, 0.717) is 18.1 Å². The van der Waals surface area contributed by atoms with E-state index in [0.717, 1.165) is 10.4 Å². The lowest BCUT2D eigenvalue weighted by Gasteiger charge is -2.45. The molecule has 4 rings (SSSR count). The van der Waals surface area contributed by atoms with Gasteiger partial charge in [0, 0.05) is 29.4 Å². The van der Waals surface area contributed by atoms with Crippen LogP contribution < -0.4 is 20.9 Å². The van der Waals surface area contributed by atoms with Gasteiger partial charge in [0.25, 0.3) is 0 Å². The van der Waals surface area contributed by atoms with Crippen LogP contribution in [0, 0.1) is 0 Å². The average molecular weight is 429 g/mol. The monoisotopic (exact) mass is 428 g/mol. The molecule has 0 spiro atoms. The first-order valence-electron chi connectivity index (χ1n) is 12.9. The van der Waals surface area contributed by atoms with Gasteiger partial charge >= 0.3 is 0 Å². The summed E-state index contributed by atoms with van der Waals surface area (Å²) in [5.41, 5.74) is 2.70. The van der Waals surface area contributed by atoms with Crippen molar-refractivity contribution >= 4 is 16.1 Å². The third-order valence-electron chi connectivity index (χ3n) is 7.72. The van der Waals surface area contributed by atoms with E-state index in [4.69, 9.17) is 0 Å². The molecule has 0 radical (unpaired) electrons. The molecule has 3 saturated carbocycles. The fraction of sp³-hybridized carbons (Fsp3) is 0.760. The van der Waals surface area contributed by atoms with Crippen molar-refractivity contribution in [2.45, 2.75) is 120 Å². The molecule has 0 aliphatic heterocycles. The average Bonchev–Trinajstić information content (AvgIpc) is 2.81. The molecule has 30 heavy (non-hydrogen) atoms. The summed E-state index contributed by atoms with van der Waals surface area (Å²) in [7, 11) is 0.949. The molecule has 5 heteroatoms. The number of hydrogen-bond acceptors (Lipinski definition) is 4. The third-order valence-corrected chi connectivity index (χ3v) is 8.47. The highest BCUT2D eigenvalue weighted by Gasteiger charge is 2.37. The van der Waals surface area contributed by atoms with Crippen LogP contribution in [-0.2, 0) is 5.79 Å². The topological polar surface area (TPSA) is 48.1 Å². The van der Waals surface area contributed by atoms with Crippen molar-refractivity contribution < 1.29 is 0 Å². The van der Waals surface area contributed by atoms with E-state index in [1.807, 2.05) is 0 Å². The van der Waals surface area contributed by atoms with Gasteiger partial charge in [-0.3, -0.25) is 10.6 Å². The highest BCUT2D eigenvalue weighted by atomic mass is 28.2. The standard InChI is InChI=1S/C25H44N4Si/c30-29-25(27-21-14-6-2-7-15-21,28-22-16-8-3-9-17-22)23-18-10-11-19-24(23)26-20-12-4-1-5-13-20/h10-11,18-22,26-29H,1-9,12-17H2,30H3. The smallest absolute Gasteiger partial charge is 0.146 e. The van der Waals surface area contributed by atoms with Gasteiger partial charge in [-0.15, -0.1) is 0 Å². The van der Waals surface area contributed by atoms with Crippen LogP contribution in [-0.4, -0.2) is 28.5 Å². The Kier molecular flexibility index (Phi) is 8.27. The number of rotatable bonds is 8. The second kappa shape index (κ2) is 11.1. The minimum absolute atomic E-state index is 0.311. The van der Waals surface area contributed by atoms with Gasteiger partial charge in [-0.25, -0.2) is 0 Å². The Labute approximate surface area is 187 Å². The fourth-order valence-electron chi connectivity index (χ4n) is 5.99. The first-order chi connectivity index (χ1) is 14.8. The van der Waals surface area contributed by atoms with Gasteiger partial charge in [-0.1, -0.05) is 76.0 Å². The van der Waals surface area contributed by atoms with E-state index in [-0.39, 0.29) is 5.79 Å². The summed E-state index contributed by atoms with van der Waals surface area (Å²) in [5.74, 6) is -0.311. The number of nitrogens with one attached hydrogen (secondary N) is 4. The van der Waals surface area contributed by atoms with Crippen LogP contribution >= 0.6 is 0 Å². The second-order valence-electron chi connectivity index (χ2n) is 9.98. The van der Waals surface area contributed by atoms with Crippen LogP contribution in [0.2, 0.25) is 0 Å². The minimum atomic E-state index is -0.311. The molecule has 3 aliphatic rings. The summed E-state index contributed by atoms with van der Waals surface area (Å²) in [6.45, 7) is 0. The van der Waals surface area contributed by atoms with Gasteiger partial charge in [-0.2, -0.15) is 0 Å². The maximum Gasteiger partial charge on any atom is 0.146 e. The van der Waals surface area contributed by atoms with E-state index < -0.39 is 0 Å². The quantitative estimate of drug-likeness (QED) is 0.369. The van der Waals surface area contributed by atoms with Crippen molar-refractivity contribution in [2.24, 2.45) is 0 Å². The Hall–Kier alpha value is -0.883. The number of para-hydroxylation sites is 1. The lowest BCUT2D eigenvalue weighted by molar-refractivity contribution is 0.154. The van der Waals surface area contributed by atoms with Gasteiger partial charge in [0.2, 0.25) is 0 Å². The number of benzene rings is 1. The molecule has 4 nitrogen and oxygen atoms in total. The summed E-state index contributed by atoms with van der Waals surface area (Å²) < 4.78 is 0. The maximum absolute atomic E-state index is 4.13. The lowest BCUT2D eigenvalue weighted by atomic mass is 9.91. The fourth-order valence-corrected chi connectivity index (χ4v) is 6.54. The molecular formula is C25H44N4Si. The number of anilines is 1. The molecule has 0 unspecified atom stereocenters. The summed E-state index contributed by atoms with van der Waals surface area (Å²) in [6.07, 6.45) is 20.2. The van der Waals surface area contributed by atoms with Crippen molar-refractivity contribution in [1.29, 1.82) is 0 Å². The van der Waals surface area contributed by atoms with E-state index in [1.54, 1.807) is 0 Å². The van der Waals surface area contributed by atoms with Crippen molar-refractivity contribution in [2.75, 3.05) is 5.32 Å². The summed E-state index contributed by atoms with van der Waals surface area (Å²) in [4.78, 5) is 3.88. The van der Waals surface area contributed by atoms with E-state index >= 15 is 0 Å². The van der Waals surface area contributed by atoms with Crippen LogP contribution in [0.4, 0.5) is 5.69 Å². The molecule has 0 heterocycles. The van der Waals surface area contributed by atoms with Crippen molar-refractivity contribution in [3.63, 3.8) is 0 Å². The molecule has 1 aromatic carbocycles. The first-order valence-corrected chi connectivity index (χ1v) is 13.9. The molecule has 0 aromatic heterocycles. The molecule has 4 N–H and O–H groups in total. The maximum atomic E-state index is 4.13. The van der Waals surface area contributed by atoms with E-state index in [1.165, 1.54) is 108 Å². The van der Waals surface area contributed by atoms with Crippen molar-refractivity contribution in [3.8, 4) is 0 Å². The molecule has 3 fully saturated rings. The lowest BCUT2D eigenvalue weighted by Crippen LogP contribution is -2.67. The molecule has 0 saturated heterocycles. The Morgan fingerprint density at radius 2 is 1.10 bits per heavy atom. The molecule has 168 valence electrons. The van der Waals surface area contributed by atoms with Crippen molar-refractivity contribution in [3.05, 3.63) is 29.8 Å². The highest BCUT2D eigenvalue weighted by molar-refractivity contribution is 6.05. The molecular weight excluding hydrogens is 384 g/mol. The highest BCUT2D eigenvalue weighted by Crippen LogP contribution is 2.32. The van der Waals surface area contributed by atoms with E-state index in [2.05, 4.69) is 45.2 Å². The van der Waals surface area contributed by atoms with Gasteiger partial charge in [-0.05, 0) is 44.6 Å². The molecule has 0 bridgehead atoms. The Morgan fingerprint density at radius 1 is 0.633 bits per heavy atom. The Bertz CT molecular complexity index is 614. The van der Waals surface area contributed by atoms with Crippen molar-refractivity contribution in [1.82, 2.24) is 15.6 Å².